The minimum Gasteiger partial charge on any atom is -0.295 e. The molecular weight excluding hydrogens is 279 g/mol. The number of carbonyl (C=O) groups is 1. The lowest BCUT2D eigenvalue weighted by Gasteiger charge is -2.57. The molecule has 4 aliphatic carbocycles. The van der Waals surface area contributed by atoms with Gasteiger partial charge in [0.15, 0.2) is 5.78 Å². The van der Waals surface area contributed by atoms with Crippen molar-refractivity contribution in [1.82, 2.24) is 0 Å². The molecule has 0 heterocycles. The van der Waals surface area contributed by atoms with E-state index in [1.165, 1.54) is 18.4 Å². The third-order valence-corrected chi connectivity index (χ3v) is 8.16. The standard InChI is InChI=1S/C21H27BO/c1-4-21(22)10-8-18-19-13(2)11-14-12-15(23)5-6-16(14)17(19)7-9-20(18,21)3/h1,12-13,16-19H,5-11H2,2-3H3/t13-,16?,17?,18?,19?,20+,21-/m1/s1. The predicted octanol–water partition coefficient (Wildman–Crippen LogP) is 4.33. The van der Waals surface area contributed by atoms with Gasteiger partial charge in [-0.3, -0.25) is 4.79 Å². The van der Waals surface area contributed by atoms with E-state index < -0.39 is 5.31 Å². The van der Waals surface area contributed by atoms with Crippen LogP contribution in [0.2, 0.25) is 5.31 Å². The largest absolute Gasteiger partial charge is 0.295 e. The third kappa shape index (κ3) is 1.98. The molecule has 3 fully saturated rings. The van der Waals surface area contributed by atoms with Gasteiger partial charge in [0.05, 0.1) is 7.85 Å². The topological polar surface area (TPSA) is 17.1 Å². The average molecular weight is 306 g/mol. The van der Waals surface area contributed by atoms with E-state index in [1.54, 1.807) is 0 Å². The smallest absolute Gasteiger partial charge is 0.155 e. The van der Waals surface area contributed by atoms with E-state index in [-0.39, 0.29) is 5.41 Å². The molecule has 0 spiro atoms. The van der Waals surface area contributed by atoms with Crippen LogP contribution < -0.4 is 0 Å². The van der Waals surface area contributed by atoms with E-state index in [0.717, 1.165) is 43.9 Å². The molecule has 4 aliphatic rings. The monoisotopic (exact) mass is 306 g/mol. The quantitative estimate of drug-likeness (QED) is 0.481. The van der Waals surface area contributed by atoms with Crippen molar-refractivity contribution in [3.8, 4) is 12.3 Å². The fourth-order valence-electron chi connectivity index (χ4n) is 6.90. The van der Waals surface area contributed by atoms with Crippen LogP contribution in [0.1, 0.15) is 58.8 Å². The molecule has 4 rings (SSSR count). The second kappa shape index (κ2) is 5.01. The first-order valence-corrected chi connectivity index (χ1v) is 9.39. The van der Waals surface area contributed by atoms with Gasteiger partial charge in [0.25, 0.3) is 0 Å². The predicted molar refractivity (Wildman–Crippen MR) is 93.9 cm³/mol. The molecule has 0 aromatic rings. The van der Waals surface area contributed by atoms with Crippen LogP contribution in [0.3, 0.4) is 0 Å². The molecule has 0 aromatic heterocycles. The summed E-state index contributed by atoms with van der Waals surface area (Å²) in [5.41, 5.74) is 1.55. The zero-order valence-electron chi connectivity index (χ0n) is 14.5. The average Bonchev–Trinajstić information content (AvgIpc) is 2.79. The highest BCUT2D eigenvalue weighted by Gasteiger charge is 2.61. The first-order valence-electron chi connectivity index (χ1n) is 9.39. The van der Waals surface area contributed by atoms with Crippen LogP contribution in [0.4, 0.5) is 0 Å². The van der Waals surface area contributed by atoms with Crippen molar-refractivity contribution in [2.24, 2.45) is 35.0 Å². The van der Waals surface area contributed by atoms with Crippen molar-refractivity contribution in [1.29, 1.82) is 0 Å². The van der Waals surface area contributed by atoms with Gasteiger partial charge in [0, 0.05) is 6.42 Å². The molecule has 4 unspecified atom stereocenters. The van der Waals surface area contributed by atoms with Crippen molar-refractivity contribution < 1.29 is 4.79 Å². The summed E-state index contributed by atoms with van der Waals surface area (Å²) >= 11 is 0. The Balaban J connectivity index is 1.70. The second-order valence-electron chi connectivity index (χ2n) is 8.97. The summed E-state index contributed by atoms with van der Waals surface area (Å²) in [4.78, 5) is 11.8. The van der Waals surface area contributed by atoms with E-state index >= 15 is 0 Å². The minimum absolute atomic E-state index is 0.100. The van der Waals surface area contributed by atoms with Crippen LogP contribution in [0.5, 0.6) is 0 Å². The molecule has 0 bridgehead atoms. The zero-order valence-corrected chi connectivity index (χ0v) is 14.5. The maximum atomic E-state index is 11.8. The summed E-state index contributed by atoms with van der Waals surface area (Å²) in [5.74, 6) is 6.77. The molecule has 0 saturated heterocycles. The highest BCUT2D eigenvalue weighted by molar-refractivity contribution is 6.18. The van der Waals surface area contributed by atoms with Crippen molar-refractivity contribution in [2.45, 2.75) is 64.1 Å². The zero-order chi connectivity index (χ0) is 16.4. The van der Waals surface area contributed by atoms with Crippen LogP contribution in [-0.2, 0) is 4.79 Å². The van der Waals surface area contributed by atoms with Gasteiger partial charge >= 0.3 is 0 Å². The van der Waals surface area contributed by atoms with E-state index in [9.17, 15) is 4.79 Å². The molecule has 1 nitrogen and oxygen atoms in total. The number of ketones is 1. The Morgan fingerprint density at radius 1 is 1.30 bits per heavy atom. The van der Waals surface area contributed by atoms with E-state index in [0.29, 0.717) is 23.5 Å². The first-order chi connectivity index (χ1) is 10.9. The normalized spacial score (nSPS) is 52.0. The van der Waals surface area contributed by atoms with E-state index in [4.69, 9.17) is 14.3 Å². The summed E-state index contributed by atoms with van der Waals surface area (Å²) in [5, 5.41) is -0.416. The number of hydrogen-bond acceptors (Lipinski definition) is 1. The van der Waals surface area contributed by atoms with Gasteiger partial charge < -0.3 is 0 Å². The number of carbonyl (C=O) groups excluding carboxylic acids is 1. The molecule has 0 aliphatic heterocycles. The van der Waals surface area contributed by atoms with Crippen molar-refractivity contribution in [3.05, 3.63) is 11.6 Å². The van der Waals surface area contributed by atoms with Crippen molar-refractivity contribution in [2.75, 3.05) is 0 Å². The van der Waals surface area contributed by atoms with Gasteiger partial charge in [-0.25, -0.2) is 0 Å². The van der Waals surface area contributed by atoms with Crippen molar-refractivity contribution >= 4 is 13.6 Å². The number of terminal acetylenes is 1. The maximum absolute atomic E-state index is 11.8. The summed E-state index contributed by atoms with van der Waals surface area (Å²) in [6, 6.07) is 0. The molecular formula is C21H27BO. The Kier molecular flexibility index (Phi) is 3.39. The summed E-state index contributed by atoms with van der Waals surface area (Å²) in [6.07, 6.45) is 15.3. The Bertz CT molecular complexity index is 614. The number of rotatable bonds is 0. The molecule has 0 amide bonds. The van der Waals surface area contributed by atoms with Crippen LogP contribution in [0.15, 0.2) is 11.6 Å². The molecule has 3 saturated carbocycles. The Morgan fingerprint density at radius 2 is 2.09 bits per heavy atom. The van der Waals surface area contributed by atoms with E-state index in [2.05, 4.69) is 19.8 Å². The molecule has 7 atom stereocenters. The Labute approximate surface area is 142 Å². The Hall–Kier alpha value is -0.965. The lowest BCUT2D eigenvalue weighted by Crippen LogP contribution is -2.50. The van der Waals surface area contributed by atoms with Gasteiger partial charge in [0.1, 0.15) is 0 Å². The van der Waals surface area contributed by atoms with Crippen LogP contribution in [0, 0.1) is 47.3 Å². The minimum atomic E-state index is -0.416. The van der Waals surface area contributed by atoms with Crippen LogP contribution >= 0.6 is 0 Å². The van der Waals surface area contributed by atoms with Gasteiger partial charge in [-0.05, 0) is 84.9 Å². The number of fused-ring (bicyclic) bond motifs is 5. The van der Waals surface area contributed by atoms with Gasteiger partial charge in [0.2, 0.25) is 0 Å². The lowest BCUT2D eigenvalue weighted by atomic mass is 9.43. The highest BCUT2D eigenvalue weighted by Crippen LogP contribution is 2.70. The number of allylic oxidation sites excluding steroid dienone is 1. The summed E-state index contributed by atoms with van der Waals surface area (Å²) in [6.45, 7) is 4.76. The molecule has 0 N–H and O–H groups in total. The lowest BCUT2D eigenvalue weighted by molar-refractivity contribution is -0.116. The molecule has 120 valence electrons. The third-order valence-electron chi connectivity index (χ3n) is 8.16. The molecule has 0 aromatic carbocycles. The van der Waals surface area contributed by atoms with Crippen LogP contribution in [0.25, 0.3) is 0 Å². The second-order valence-corrected chi connectivity index (χ2v) is 8.97. The number of hydrogen-bond donors (Lipinski definition) is 0. The van der Waals surface area contributed by atoms with Crippen molar-refractivity contribution in [3.63, 3.8) is 0 Å². The Morgan fingerprint density at radius 3 is 2.83 bits per heavy atom. The van der Waals surface area contributed by atoms with Gasteiger partial charge in [-0.2, -0.15) is 0 Å². The molecule has 2 heteroatoms. The van der Waals surface area contributed by atoms with Gasteiger partial charge in [-0.1, -0.05) is 19.4 Å². The first kappa shape index (κ1) is 15.6. The fraction of sp³-hybridized carbons (Fsp3) is 0.762. The van der Waals surface area contributed by atoms with E-state index in [1.807, 2.05) is 6.08 Å². The maximum Gasteiger partial charge on any atom is 0.155 e. The molecule has 23 heavy (non-hydrogen) atoms. The SMILES string of the molecule is [B][C@]1(C#C)CCC2C3C(CC[C@@]21C)C1CCC(=O)C=C1C[C@H]3C. The van der Waals surface area contributed by atoms with Crippen LogP contribution in [-0.4, -0.2) is 13.6 Å². The summed E-state index contributed by atoms with van der Waals surface area (Å²) in [7, 11) is 6.67. The van der Waals surface area contributed by atoms with Gasteiger partial charge in [-0.15, -0.1) is 12.3 Å². The molecule has 2 radical (unpaired) electrons. The summed E-state index contributed by atoms with van der Waals surface area (Å²) < 4.78 is 0. The highest BCUT2D eigenvalue weighted by atomic mass is 16.1. The fourth-order valence-corrected chi connectivity index (χ4v) is 6.90.